The first-order valence-electron chi connectivity index (χ1n) is 11.9. The molecule has 4 rings (SSSR count). The van der Waals surface area contributed by atoms with Gasteiger partial charge in [0.1, 0.15) is 11.6 Å². The minimum Gasteiger partial charge on any atom is -0.469 e. The van der Waals surface area contributed by atoms with Crippen molar-refractivity contribution in [3.8, 4) is 0 Å². The van der Waals surface area contributed by atoms with Gasteiger partial charge in [-0.25, -0.2) is 0 Å². The second-order valence-electron chi connectivity index (χ2n) is 11.2. The summed E-state index contributed by atoms with van der Waals surface area (Å²) in [5.41, 5.74) is -0.465. The number of methoxy groups -OCH3 is 1. The van der Waals surface area contributed by atoms with Gasteiger partial charge >= 0.3 is 5.97 Å². The first-order valence-corrected chi connectivity index (χ1v) is 11.9. The van der Waals surface area contributed by atoms with E-state index in [1.165, 1.54) is 7.11 Å². The molecule has 4 fully saturated rings. The number of aliphatic hydroxyl groups excluding tert-OH is 1. The number of rotatable bonds is 4. The molecule has 0 amide bonds. The van der Waals surface area contributed by atoms with Crippen molar-refractivity contribution in [2.24, 2.45) is 46.3 Å². The lowest BCUT2D eigenvalue weighted by Crippen LogP contribution is -2.60. The molecule has 0 aliphatic heterocycles. The van der Waals surface area contributed by atoms with Crippen molar-refractivity contribution in [3.05, 3.63) is 0 Å². The van der Waals surface area contributed by atoms with Gasteiger partial charge in [-0.1, -0.05) is 20.8 Å². The molecule has 4 saturated carbocycles. The summed E-state index contributed by atoms with van der Waals surface area (Å²) in [4.78, 5) is 38.7. The van der Waals surface area contributed by atoms with E-state index in [-0.39, 0.29) is 53.0 Å². The molecule has 0 aromatic heterocycles. The average molecular weight is 419 g/mol. The van der Waals surface area contributed by atoms with E-state index in [9.17, 15) is 19.5 Å². The lowest BCUT2D eigenvalue weighted by Gasteiger charge is -2.59. The van der Waals surface area contributed by atoms with Gasteiger partial charge in [-0.15, -0.1) is 0 Å². The third kappa shape index (κ3) is 3.18. The second-order valence-corrected chi connectivity index (χ2v) is 11.2. The molecule has 0 spiro atoms. The zero-order chi connectivity index (χ0) is 21.8. The SMILES string of the molecule is COC(=O)CC[C@H](C)[C@@H]1CC[C@@H]2[C@H]3C(=O)C[C@H]4C[C@@H](O)CC[C@@]4(C)[C@@H]3CC(=O)[C@]21C. The van der Waals surface area contributed by atoms with Gasteiger partial charge in [-0.2, -0.15) is 0 Å². The monoisotopic (exact) mass is 418 g/mol. The van der Waals surface area contributed by atoms with Gasteiger partial charge in [0, 0.05) is 30.6 Å². The fourth-order valence-electron chi connectivity index (χ4n) is 8.22. The Morgan fingerprint density at radius 2 is 1.90 bits per heavy atom. The molecule has 0 aromatic rings. The standard InChI is InChI=1S/C25H38O5/c1-14(5-8-22(29)30-4)17-6-7-18-23-19(13-21(28)25(17,18)3)24(2)10-9-16(26)11-15(24)12-20(23)27/h14-19,23,26H,5-13H2,1-4H3/t14-,15+,16-,17-,18+,19+,23+,24+,25-/m0/s1. The molecule has 1 N–H and O–H groups in total. The number of fused-ring (bicyclic) bond motifs is 5. The molecule has 5 nitrogen and oxygen atoms in total. The van der Waals surface area contributed by atoms with Crippen molar-refractivity contribution >= 4 is 17.5 Å². The van der Waals surface area contributed by atoms with Crippen molar-refractivity contribution in [1.82, 2.24) is 0 Å². The third-order valence-corrected chi connectivity index (χ3v) is 10.1. The molecular formula is C25H38O5. The number of ketones is 2. The molecule has 0 saturated heterocycles. The van der Waals surface area contributed by atoms with Crippen LogP contribution in [-0.4, -0.2) is 35.9 Å². The minimum atomic E-state index is -0.455. The Labute approximate surface area is 180 Å². The van der Waals surface area contributed by atoms with E-state index in [0.29, 0.717) is 37.2 Å². The van der Waals surface area contributed by atoms with Crippen molar-refractivity contribution < 1.29 is 24.2 Å². The van der Waals surface area contributed by atoms with Gasteiger partial charge in [0.15, 0.2) is 0 Å². The lowest BCUT2D eigenvalue weighted by atomic mass is 9.43. The summed E-state index contributed by atoms with van der Waals surface area (Å²) in [5.74, 6) is 1.42. The zero-order valence-corrected chi connectivity index (χ0v) is 19.0. The number of aliphatic hydroxyl groups is 1. The Morgan fingerprint density at radius 3 is 2.60 bits per heavy atom. The number of hydrogen-bond donors (Lipinski definition) is 1. The molecule has 0 aromatic carbocycles. The normalized spacial score (nSPS) is 46.6. The van der Waals surface area contributed by atoms with Gasteiger partial charge in [-0.05, 0) is 73.5 Å². The Bertz CT molecular complexity index is 731. The first kappa shape index (κ1) is 22.0. The predicted molar refractivity (Wildman–Crippen MR) is 112 cm³/mol. The van der Waals surface area contributed by atoms with Crippen LogP contribution < -0.4 is 0 Å². The van der Waals surface area contributed by atoms with E-state index >= 15 is 0 Å². The molecule has 9 atom stereocenters. The van der Waals surface area contributed by atoms with Crippen LogP contribution in [0.4, 0.5) is 0 Å². The molecule has 168 valence electrons. The maximum Gasteiger partial charge on any atom is 0.305 e. The van der Waals surface area contributed by atoms with Crippen molar-refractivity contribution in [2.45, 2.75) is 84.7 Å². The van der Waals surface area contributed by atoms with Crippen LogP contribution in [0.3, 0.4) is 0 Å². The summed E-state index contributed by atoms with van der Waals surface area (Å²) in [6, 6.07) is 0. The molecular weight excluding hydrogens is 380 g/mol. The van der Waals surface area contributed by atoms with Gasteiger partial charge in [0.2, 0.25) is 0 Å². The van der Waals surface area contributed by atoms with Crippen LogP contribution in [0.15, 0.2) is 0 Å². The molecule has 30 heavy (non-hydrogen) atoms. The number of carbonyl (C=O) groups is 3. The van der Waals surface area contributed by atoms with Gasteiger partial charge in [0.05, 0.1) is 13.2 Å². The highest BCUT2D eigenvalue weighted by Crippen LogP contribution is 2.66. The van der Waals surface area contributed by atoms with E-state index in [2.05, 4.69) is 20.8 Å². The van der Waals surface area contributed by atoms with Crippen LogP contribution in [0.2, 0.25) is 0 Å². The van der Waals surface area contributed by atoms with Crippen molar-refractivity contribution in [1.29, 1.82) is 0 Å². The molecule has 4 aliphatic rings. The Hall–Kier alpha value is -1.23. The second kappa shape index (κ2) is 7.72. The van der Waals surface area contributed by atoms with Crippen molar-refractivity contribution in [3.63, 3.8) is 0 Å². The quantitative estimate of drug-likeness (QED) is 0.699. The van der Waals surface area contributed by atoms with E-state index in [1.54, 1.807) is 0 Å². The Morgan fingerprint density at radius 1 is 1.17 bits per heavy atom. The van der Waals surface area contributed by atoms with Gasteiger partial charge in [-0.3, -0.25) is 14.4 Å². The molecule has 0 unspecified atom stereocenters. The first-order chi connectivity index (χ1) is 14.1. The van der Waals surface area contributed by atoms with Crippen LogP contribution in [0.1, 0.15) is 78.6 Å². The largest absolute Gasteiger partial charge is 0.469 e. The summed E-state index contributed by atoms with van der Waals surface area (Å²) in [6.45, 7) is 6.56. The zero-order valence-electron chi connectivity index (χ0n) is 19.0. The van der Waals surface area contributed by atoms with E-state index in [1.807, 2.05) is 0 Å². The van der Waals surface area contributed by atoms with Crippen LogP contribution in [0.5, 0.6) is 0 Å². The topological polar surface area (TPSA) is 80.7 Å². The highest BCUT2D eigenvalue weighted by molar-refractivity contribution is 5.92. The van der Waals surface area contributed by atoms with Crippen LogP contribution in [0.25, 0.3) is 0 Å². The number of hydrogen-bond acceptors (Lipinski definition) is 5. The number of esters is 1. The summed E-state index contributed by atoms with van der Waals surface area (Å²) in [5, 5.41) is 10.2. The molecule has 4 aliphatic carbocycles. The maximum absolute atomic E-state index is 13.7. The highest BCUT2D eigenvalue weighted by atomic mass is 16.5. The number of carbonyl (C=O) groups excluding carboxylic acids is 3. The molecule has 0 radical (unpaired) electrons. The summed E-state index contributed by atoms with van der Waals surface area (Å²) in [7, 11) is 1.41. The smallest absolute Gasteiger partial charge is 0.305 e. The third-order valence-electron chi connectivity index (χ3n) is 10.1. The van der Waals surface area contributed by atoms with Crippen molar-refractivity contribution in [2.75, 3.05) is 7.11 Å². The van der Waals surface area contributed by atoms with Crippen LogP contribution >= 0.6 is 0 Å². The fourth-order valence-corrected chi connectivity index (χ4v) is 8.22. The van der Waals surface area contributed by atoms with Crippen LogP contribution in [-0.2, 0) is 19.1 Å². The predicted octanol–water partition coefficient (Wildman–Crippen LogP) is 3.95. The number of Topliss-reactive ketones (excluding diaryl/α,β-unsaturated/α-hetero) is 2. The van der Waals surface area contributed by atoms with Gasteiger partial charge < -0.3 is 9.84 Å². The minimum absolute atomic E-state index is 0.0105. The summed E-state index contributed by atoms with van der Waals surface area (Å²) >= 11 is 0. The Balaban J connectivity index is 1.59. The highest BCUT2D eigenvalue weighted by Gasteiger charge is 2.66. The maximum atomic E-state index is 13.7. The van der Waals surface area contributed by atoms with Gasteiger partial charge in [0.25, 0.3) is 0 Å². The fraction of sp³-hybridized carbons (Fsp3) is 0.880. The molecule has 0 heterocycles. The molecule has 0 bridgehead atoms. The van der Waals surface area contributed by atoms with E-state index in [0.717, 1.165) is 32.1 Å². The Kier molecular flexibility index (Phi) is 5.66. The number of ether oxygens (including phenoxy) is 1. The van der Waals surface area contributed by atoms with E-state index in [4.69, 9.17) is 4.74 Å². The van der Waals surface area contributed by atoms with Crippen LogP contribution in [0, 0.1) is 46.3 Å². The van der Waals surface area contributed by atoms with E-state index < -0.39 is 5.41 Å². The molecule has 5 heteroatoms. The lowest BCUT2D eigenvalue weighted by molar-refractivity contribution is -0.168. The average Bonchev–Trinajstić information content (AvgIpc) is 3.06. The summed E-state index contributed by atoms with van der Waals surface area (Å²) < 4.78 is 4.80. The summed E-state index contributed by atoms with van der Waals surface area (Å²) in [6.07, 6.45) is 6.19.